The lowest BCUT2D eigenvalue weighted by atomic mass is 10.1. The van der Waals surface area contributed by atoms with Gasteiger partial charge >= 0.3 is 5.69 Å². The van der Waals surface area contributed by atoms with Crippen molar-refractivity contribution in [3.05, 3.63) is 15.8 Å². The van der Waals surface area contributed by atoms with Gasteiger partial charge in [0, 0.05) is 13.1 Å². The maximum absolute atomic E-state index is 11.2. The summed E-state index contributed by atoms with van der Waals surface area (Å²) in [4.78, 5) is 20.8. The Kier molecular flexibility index (Phi) is 4.13. The van der Waals surface area contributed by atoms with Crippen molar-refractivity contribution in [2.24, 2.45) is 0 Å². The van der Waals surface area contributed by atoms with E-state index in [0.717, 1.165) is 38.8 Å². The third-order valence-electron chi connectivity index (χ3n) is 3.40. The molecule has 1 aromatic rings. The van der Waals surface area contributed by atoms with Crippen molar-refractivity contribution in [1.29, 1.82) is 0 Å². The van der Waals surface area contributed by atoms with Crippen molar-refractivity contribution < 1.29 is 4.92 Å². The summed E-state index contributed by atoms with van der Waals surface area (Å²) in [6.07, 6.45) is 5.61. The Morgan fingerprint density at radius 1 is 1.16 bits per heavy atom. The van der Waals surface area contributed by atoms with Gasteiger partial charge in [-0.15, -0.1) is 0 Å². The van der Waals surface area contributed by atoms with Crippen molar-refractivity contribution in [2.45, 2.75) is 39.0 Å². The third kappa shape index (κ3) is 3.10. The molecule has 19 heavy (non-hydrogen) atoms. The van der Waals surface area contributed by atoms with Gasteiger partial charge in [-0.05, 0) is 19.8 Å². The van der Waals surface area contributed by atoms with E-state index in [4.69, 9.17) is 5.73 Å². The molecule has 1 saturated heterocycles. The summed E-state index contributed by atoms with van der Waals surface area (Å²) >= 11 is 0. The summed E-state index contributed by atoms with van der Waals surface area (Å²) in [5.41, 5.74) is 5.94. The quantitative estimate of drug-likeness (QED) is 0.649. The van der Waals surface area contributed by atoms with E-state index >= 15 is 0 Å². The minimum absolute atomic E-state index is 0.0187. The number of nitrogens with two attached hydrogens (primary N) is 1. The second-order valence-electron chi connectivity index (χ2n) is 4.85. The number of aromatic nitrogens is 2. The third-order valence-corrected chi connectivity index (χ3v) is 3.40. The molecule has 1 aliphatic heterocycles. The molecule has 0 unspecified atom stereocenters. The normalized spacial score (nSPS) is 16.8. The van der Waals surface area contributed by atoms with E-state index in [0.29, 0.717) is 11.5 Å². The van der Waals surface area contributed by atoms with Gasteiger partial charge in [-0.3, -0.25) is 10.1 Å². The number of hydrogen-bond acceptors (Lipinski definition) is 6. The lowest BCUT2D eigenvalue weighted by molar-refractivity contribution is -0.385. The molecule has 0 bridgehead atoms. The molecule has 7 heteroatoms. The average Bonchev–Trinajstić information content (AvgIpc) is 2.26. The van der Waals surface area contributed by atoms with Crippen LogP contribution in [0, 0.1) is 17.0 Å². The molecule has 1 aromatic heterocycles. The zero-order chi connectivity index (χ0) is 13.8. The molecular weight excluding hydrogens is 246 g/mol. The Morgan fingerprint density at radius 2 is 1.74 bits per heavy atom. The highest BCUT2D eigenvalue weighted by Crippen LogP contribution is 2.30. The van der Waals surface area contributed by atoms with E-state index in [9.17, 15) is 10.1 Å². The molecule has 0 radical (unpaired) electrons. The molecular formula is C12H19N5O2. The van der Waals surface area contributed by atoms with Crippen LogP contribution in [0.3, 0.4) is 0 Å². The van der Waals surface area contributed by atoms with Crippen LogP contribution in [0.15, 0.2) is 0 Å². The molecule has 0 aromatic carbocycles. The molecule has 2 N–H and O–H groups in total. The summed E-state index contributed by atoms with van der Waals surface area (Å²) in [5, 5.41) is 11.2. The smallest absolute Gasteiger partial charge is 0.332 e. The van der Waals surface area contributed by atoms with Gasteiger partial charge in [0.2, 0.25) is 11.8 Å². The Bertz CT molecular complexity index is 469. The SMILES string of the molecule is Cc1nc(N)nc(N2CCCCCCC2)c1[N+](=O)[O-]. The molecule has 7 nitrogen and oxygen atoms in total. The largest absolute Gasteiger partial charge is 0.368 e. The Hall–Kier alpha value is -1.92. The molecule has 2 heterocycles. The fourth-order valence-corrected chi connectivity index (χ4v) is 2.47. The number of nitrogens with zero attached hydrogens (tertiary/aromatic N) is 4. The molecule has 1 aliphatic rings. The van der Waals surface area contributed by atoms with Crippen molar-refractivity contribution in [3.8, 4) is 0 Å². The molecule has 0 aliphatic carbocycles. The predicted molar refractivity (Wildman–Crippen MR) is 73.1 cm³/mol. The van der Waals surface area contributed by atoms with Crippen molar-refractivity contribution in [3.63, 3.8) is 0 Å². The van der Waals surface area contributed by atoms with Crippen LogP contribution in [-0.4, -0.2) is 28.0 Å². The van der Waals surface area contributed by atoms with E-state index < -0.39 is 4.92 Å². The van der Waals surface area contributed by atoms with Crippen LogP contribution in [0.5, 0.6) is 0 Å². The summed E-state index contributed by atoms with van der Waals surface area (Å²) in [6, 6.07) is 0. The molecule has 0 saturated carbocycles. The first-order chi connectivity index (χ1) is 9.09. The number of hydrogen-bond donors (Lipinski definition) is 1. The molecule has 0 amide bonds. The molecule has 0 spiro atoms. The van der Waals surface area contributed by atoms with E-state index in [-0.39, 0.29) is 11.6 Å². The highest BCUT2D eigenvalue weighted by molar-refractivity contribution is 5.62. The summed E-state index contributed by atoms with van der Waals surface area (Å²) in [5.74, 6) is 0.469. The second-order valence-corrected chi connectivity index (χ2v) is 4.85. The first-order valence-electron chi connectivity index (χ1n) is 6.63. The average molecular weight is 265 g/mol. The molecule has 2 rings (SSSR count). The standard InChI is InChI=1S/C12H19N5O2/c1-9-10(17(18)19)11(15-12(13)14-9)16-7-5-3-2-4-6-8-16/h2-8H2,1H3,(H2,13,14,15). The minimum Gasteiger partial charge on any atom is -0.368 e. The number of anilines is 2. The van der Waals surface area contributed by atoms with Crippen LogP contribution in [0.2, 0.25) is 0 Å². The molecule has 1 fully saturated rings. The van der Waals surface area contributed by atoms with Gasteiger partial charge in [0.15, 0.2) is 0 Å². The topological polar surface area (TPSA) is 98.2 Å². The van der Waals surface area contributed by atoms with Crippen molar-refractivity contribution in [1.82, 2.24) is 9.97 Å². The fourth-order valence-electron chi connectivity index (χ4n) is 2.47. The van der Waals surface area contributed by atoms with Gasteiger partial charge in [0.25, 0.3) is 0 Å². The first kappa shape index (κ1) is 13.5. The molecule has 104 valence electrons. The van der Waals surface area contributed by atoms with E-state index in [1.54, 1.807) is 6.92 Å². The lowest BCUT2D eigenvalue weighted by Crippen LogP contribution is -2.29. The van der Waals surface area contributed by atoms with Gasteiger partial charge in [0.05, 0.1) is 4.92 Å². The highest BCUT2D eigenvalue weighted by Gasteiger charge is 2.26. The zero-order valence-electron chi connectivity index (χ0n) is 11.1. The summed E-state index contributed by atoms with van der Waals surface area (Å²) in [6.45, 7) is 3.18. The maximum Gasteiger partial charge on any atom is 0.332 e. The minimum atomic E-state index is -0.414. The van der Waals surface area contributed by atoms with E-state index in [1.165, 1.54) is 6.42 Å². The number of nitrogen functional groups attached to an aromatic ring is 1. The van der Waals surface area contributed by atoms with Gasteiger partial charge in [0.1, 0.15) is 5.69 Å². The van der Waals surface area contributed by atoms with Crippen LogP contribution in [0.25, 0.3) is 0 Å². The molecule has 0 atom stereocenters. The van der Waals surface area contributed by atoms with Crippen LogP contribution in [0.1, 0.15) is 37.8 Å². The first-order valence-corrected chi connectivity index (χ1v) is 6.63. The second kappa shape index (κ2) is 5.81. The van der Waals surface area contributed by atoms with Crippen LogP contribution >= 0.6 is 0 Å². The Labute approximate surface area is 112 Å². The van der Waals surface area contributed by atoms with Gasteiger partial charge in [-0.1, -0.05) is 19.3 Å². The highest BCUT2D eigenvalue weighted by atomic mass is 16.6. The van der Waals surface area contributed by atoms with Gasteiger partial charge in [-0.2, -0.15) is 4.98 Å². The van der Waals surface area contributed by atoms with Gasteiger partial charge < -0.3 is 10.6 Å². The maximum atomic E-state index is 11.2. The van der Waals surface area contributed by atoms with Crippen LogP contribution in [-0.2, 0) is 0 Å². The Balaban J connectivity index is 2.38. The summed E-state index contributed by atoms with van der Waals surface area (Å²) < 4.78 is 0. The van der Waals surface area contributed by atoms with E-state index in [1.807, 2.05) is 4.90 Å². The van der Waals surface area contributed by atoms with Crippen LogP contribution < -0.4 is 10.6 Å². The number of aryl methyl sites for hydroxylation is 1. The number of nitro groups is 1. The van der Waals surface area contributed by atoms with Crippen LogP contribution in [0.4, 0.5) is 17.5 Å². The monoisotopic (exact) mass is 265 g/mol. The van der Waals surface area contributed by atoms with E-state index in [2.05, 4.69) is 9.97 Å². The number of rotatable bonds is 2. The van der Waals surface area contributed by atoms with Crippen molar-refractivity contribution >= 4 is 17.5 Å². The van der Waals surface area contributed by atoms with Gasteiger partial charge in [-0.25, -0.2) is 4.98 Å². The Morgan fingerprint density at radius 3 is 2.32 bits per heavy atom. The summed E-state index contributed by atoms with van der Waals surface area (Å²) in [7, 11) is 0. The fraction of sp³-hybridized carbons (Fsp3) is 0.667. The zero-order valence-corrected chi connectivity index (χ0v) is 11.1. The lowest BCUT2D eigenvalue weighted by Gasteiger charge is -2.25. The predicted octanol–water partition coefficient (Wildman–Crippen LogP) is 2.05. The van der Waals surface area contributed by atoms with Crippen molar-refractivity contribution in [2.75, 3.05) is 23.7 Å².